The molecule has 3 N–H and O–H groups in total. The fourth-order valence-electron chi connectivity index (χ4n) is 4.30. The Morgan fingerprint density at radius 1 is 0.927 bits per heavy atom. The van der Waals surface area contributed by atoms with Crippen LogP contribution in [0.3, 0.4) is 0 Å². The van der Waals surface area contributed by atoms with Crippen LogP contribution in [0.5, 0.6) is 0 Å². The number of amidine groups is 1. The number of rotatable bonds is 14. The Morgan fingerprint density at radius 2 is 1.63 bits per heavy atom. The van der Waals surface area contributed by atoms with Gasteiger partial charge in [-0.1, -0.05) is 81.7 Å². The first-order valence-corrected chi connectivity index (χ1v) is 14.6. The van der Waals surface area contributed by atoms with E-state index in [0.29, 0.717) is 6.54 Å². The van der Waals surface area contributed by atoms with Gasteiger partial charge in [0, 0.05) is 18.2 Å². The molecule has 0 unspecified atom stereocenters. The van der Waals surface area contributed by atoms with Gasteiger partial charge in [-0.2, -0.15) is 0 Å². The summed E-state index contributed by atoms with van der Waals surface area (Å²) in [7, 11) is 1.75. The van der Waals surface area contributed by atoms with E-state index in [-0.39, 0.29) is 5.82 Å². The van der Waals surface area contributed by atoms with E-state index in [4.69, 9.17) is 10.7 Å². The highest BCUT2D eigenvalue weighted by Crippen LogP contribution is 2.27. The van der Waals surface area contributed by atoms with Crippen molar-refractivity contribution in [1.29, 1.82) is 0 Å². The Kier molecular flexibility index (Phi) is 14.9. The normalized spacial score (nSPS) is 13.7. The summed E-state index contributed by atoms with van der Waals surface area (Å²) in [5.74, 6) is 0.497. The Bertz CT molecular complexity index is 1320. The van der Waals surface area contributed by atoms with E-state index >= 15 is 0 Å². The largest absolute Gasteiger partial charge is 0.405 e. The fourth-order valence-corrected chi connectivity index (χ4v) is 4.30. The van der Waals surface area contributed by atoms with Gasteiger partial charge >= 0.3 is 0 Å². The molecule has 218 valence electrons. The van der Waals surface area contributed by atoms with Crippen LogP contribution in [0.25, 0.3) is 11.1 Å². The van der Waals surface area contributed by atoms with Crippen molar-refractivity contribution < 1.29 is 4.39 Å². The molecule has 0 heterocycles. The second-order valence-electron chi connectivity index (χ2n) is 9.93. The number of hydrogen-bond acceptors (Lipinski definition) is 3. The fraction of sp³-hybridized carbons (Fsp3) is 0.333. The number of aliphatic imine (C=N–C) groups is 2. The molecule has 0 aliphatic rings. The summed E-state index contributed by atoms with van der Waals surface area (Å²) in [6.07, 6.45) is 21.4. The number of allylic oxidation sites excluding steroid dienone is 6. The highest BCUT2D eigenvalue weighted by molar-refractivity contribution is 6.13. The summed E-state index contributed by atoms with van der Waals surface area (Å²) in [4.78, 5) is 9.60. The van der Waals surface area contributed by atoms with Crippen LogP contribution in [0, 0.1) is 12.7 Å². The molecule has 0 saturated heterocycles. The smallest absolute Gasteiger partial charge is 0.132 e. The maximum absolute atomic E-state index is 13.8. The molecule has 0 saturated carbocycles. The van der Waals surface area contributed by atoms with E-state index < -0.39 is 0 Å². The Balaban J connectivity index is 2.70. The molecule has 0 bridgehead atoms. The molecule has 0 radical (unpaired) electrons. The van der Waals surface area contributed by atoms with Crippen LogP contribution in [0.15, 0.2) is 106 Å². The van der Waals surface area contributed by atoms with Crippen LogP contribution >= 0.6 is 0 Å². The number of benzene rings is 2. The highest BCUT2D eigenvalue weighted by atomic mass is 19.1. The van der Waals surface area contributed by atoms with Crippen molar-refractivity contribution >= 4 is 11.5 Å². The summed E-state index contributed by atoms with van der Waals surface area (Å²) in [5, 5.41) is 3.47. The Morgan fingerprint density at radius 3 is 2.27 bits per heavy atom. The molecule has 4 nitrogen and oxygen atoms in total. The average Bonchev–Trinajstić information content (AvgIpc) is 2.98. The predicted octanol–water partition coefficient (Wildman–Crippen LogP) is 8.98. The quantitative estimate of drug-likeness (QED) is 0.139. The van der Waals surface area contributed by atoms with E-state index in [0.717, 1.165) is 77.0 Å². The van der Waals surface area contributed by atoms with E-state index in [1.54, 1.807) is 25.3 Å². The summed E-state index contributed by atoms with van der Waals surface area (Å²) in [6, 6.07) is 10.7. The lowest BCUT2D eigenvalue weighted by Gasteiger charge is -2.17. The maximum atomic E-state index is 13.8. The number of nitrogens with two attached hydrogens (primary N) is 1. The second kappa shape index (κ2) is 18.4. The van der Waals surface area contributed by atoms with Gasteiger partial charge in [0.15, 0.2) is 0 Å². The van der Waals surface area contributed by atoms with Crippen LogP contribution in [0.2, 0.25) is 0 Å². The molecule has 0 aromatic heterocycles. The number of halogens is 1. The third-order valence-corrected chi connectivity index (χ3v) is 6.61. The Labute approximate surface area is 247 Å². The van der Waals surface area contributed by atoms with Crippen molar-refractivity contribution in [3.63, 3.8) is 0 Å². The summed E-state index contributed by atoms with van der Waals surface area (Å²) < 4.78 is 13.8. The minimum atomic E-state index is -0.267. The van der Waals surface area contributed by atoms with Gasteiger partial charge in [0.25, 0.3) is 0 Å². The standard InChI is InChI=1S/C36H47FN4/c1-7-10-12-23-40-36(41-26-29(13-9-3)16-15-27(4)14-11-8-2)34-25-31(30-17-19-32(37)20-18-30)24-33(28(34)5)35(39-6)21-22-38/h12-25H,7-11,26,38H2,1-6H3,(H,40,41)/b16-15-,22-21?,23-12+,27-14+,29-13-,39-35?. The van der Waals surface area contributed by atoms with Crippen LogP contribution in [-0.2, 0) is 0 Å². The maximum Gasteiger partial charge on any atom is 0.132 e. The van der Waals surface area contributed by atoms with Gasteiger partial charge in [0.2, 0.25) is 0 Å². The molecule has 2 aromatic carbocycles. The zero-order valence-corrected chi connectivity index (χ0v) is 25.7. The summed E-state index contributed by atoms with van der Waals surface area (Å²) >= 11 is 0. The third-order valence-electron chi connectivity index (χ3n) is 6.61. The lowest BCUT2D eigenvalue weighted by Crippen LogP contribution is -2.22. The molecular formula is C36H47FN4. The third kappa shape index (κ3) is 10.8. The average molecular weight is 555 g/mol. The lowest BCUT2D eigenvalue weighted by molar-refractivity contribution is 0.628. The minimum Gasteiger partial charge on any atom is -0.405 e. The zero-order valence-electron chi connectivity index (χ0n) is 25.7. The van der Waals surface area contributed by atoms with E-state index in [1.807, 2.05) is 6.20 Å². The Hall–Kier alpha value is -3.99. The summed E-state index contributed by atoms with van der Waals surface area (Å²) in [6.45, 7) is 11.2. The minimum absolute atomic E-state index is 0.267. The summed E-state index contributed by atoms with van der Waals surface area (Å²) in [5.41, 5.74) is 13.7. The molecule has 2 rings (SSSR count). The number of hydrogen-bond donors (Lipinski definition) is 2. The van der Waals surface area contributed by atoms with Gasteiger partial charge in [-0.25, -0.2) is 4.39 Å². The van der Waals surface area contributed by atoms with Gasteiger partial charge < -0.3 is 11.1 Å². The molecule has 0 aliphatic heterocycles. The van der Waals surface area contributed by atoms with Crippen LogP contribution in [0.4, 0.5) is 4.39 Å². The second-order valence-corrected chi connectivity index (χ2v) is 9.93. The molecule has 0 fully saturated rings. The van der Waals surface area contributed by atoms with Gasteiger partial charge in [-0.05, 0) is 98.1 Å². The van der Waals surface area contributed by atoms with E-state index in [1.165, 1.54) is 23.9 Å². The number of nitrogens with one attached hydrogen (secondary N) is 1. The topological polar surface area (TPSA) is 62.8 Å². The van der Waals surface area contributed by atoms with Crippen LogP contribution in [-0.4, -0.2) is 25.1 Å². The molecule has 0 aliphatic carbocycles. The van der Waals surface area contributed by atoms with Crippen molar-refractivity contribution in [2.45, 2.75) is 66.7 Å². The van der Waals surface area contributed by atoms with Crippen molar-refractivity contribution in [2.24, 2.45) is 15.7 Å². The monoisotopic (exact) mass is 554 g/mol. The first-order valence-electron chi connectivity index (χ1n) is 14.6. The molecule has 0 amide bonds. The van der Waals surface area contributed by atoms with Gasteiger partial charge in [-0.15, -0.1) is 0 Å². The lowest BCUT2D eigenvalue weighted by atomic mass is 9.92. The van der Waals surface area contributed by atoms with Crippen molar-refractivity contribution in [3.8, 4) is 11.1 Å². The van der Waals surface area contributed by atoms with Crippen molar-refractivity contribution in [3.05, 3.63) is 119 Å². The first kappa shape index (κ1) is 33.2. The predicted molar refractivity (Wildman–Crippen MR) is 177 cm³/mol. The molecule has 5 heteroatoms. The zero-order chi connectivity index (χ0) is 30.0. The molecular weight excluding hydrogens is 507 g/mol. The van der Waals surface area contributed by atoms with Crippen molar-refractivity contribution in [1.82, 2.24) is 5.32 Å². The molecule has 2 aromatic rings. The SMILES string of the molecule is CC/C=C(/C=C\C(C)=C\CCC)CN=C(N/C=C/CCC)c1cc(-c2ccc(F)cc2)cc(C(C=CN)=NC)c1C. The van der Waals surface area contributed by atoms with Gasteiger partial charge in [0.05, 0.1) is 12.3 Å². The first-order chi connectivity index (χ1) is 19.9. The number of unbranched alkanes of at least 4 members (excludes halogenated alkanes) is 2. The molecule has 0 spiro atoms. The van der Waals surface area contributed by atoms with Crippen LogP contribution in [0.1, 0.15) is 76.5 Å². The van der Waals surface area contributed by atoms with Gasteiger partial charge in [0.1, 0.15) is 11.7 Å². The molecule has 41 heavy (non-hydrogen) atoms. The van der Waals surface area contributed by atoms with Gasteiger partial charge in [-0.3, -0.25) is 9.98 Å². The van der Waals surface area contributed by atoms with Crippen LogP contribution < -0.4 is 11.1 Å². The van der Waals surface area contributed by atoms with E-state index in [2.05, 4.69) is 87.4 Å². The molecule has 0 atom stereocenters. The van der Waals surface area contributed by atoms with E-state index in [9.17, 15) is 4.39 Å². The van der Waals surface area contributed by atoms with Crippen molar-refractivity contribution in [2.75, 3.05) is 13.6 Å². The highest BCUT2D eigenvalue weighted by Gasteiger charge is 2.16. The number of nitrogens with zero attached hydrogens (tertiary/aromatic N) is 2.